The van der Waals surface area contributed by atoms with Crippen LogP contribution in [-0.2, 0) is 18.3 Å². The molecule has 0 saturated carbocycles. The van der Waals surface area contributed by atoms with Gasteiger partial charge in [0.2, 0.25) is 5.95 Å². The molecule has 0 spiro atoms. The van der Waals surface area contributed by atoms with Gasteiger partial charge < -0.3 is 15.3 Å². The van der Waals surface area contributed by atoms with Crippen LogP contribution in [0.1, 0.15) is 29.7 Å². The molecule has 0 amide bonds. The van der Waals surface area contributed by atoms with E-state index in [0.29, 0.717) is 29.6 Å². The van der Waals surface area contributed by atoms with Crippen molar-refractivity contribution >= 4 is 34.7 Å². The van der Waals surface area contributed by atoms with Crippen molar-refractivity contribution < 1.29 is 18.3 Å². The summed E-state index contributed by atoms with van der Waals surface area (Å²) >= 11 is 1.32. The van der Waals surface area contributed by atoms with Gasteiger partial charge in [-0.25, -0.2) is 19.6 Å². The molecule has 0 radical (unpaired) electrons. The molecule has 13 heteroatoms. The van der Waals surface area contributed by atoms with E-state index in [1.807, 2.05) is 4.90 Å². The molecule has 1 atom stereocenters. The fraction of sp³-hybridized carbons (Fsp3) is 0.261. The number of nitrogens with one attached hydrogen (secondary N) is 1. The van der Waals surface area contributed by atoms with Crippen molar-refractivity contribution in [1.82, 2.24) is 29.7 Å². The highest BCUT2D eigenvalue weighted by molar-refractivity contribution is 7.09. The van der Waals surface area contributed by atoms with E-state index in [1.54, 1.807) is 35.3 Å². The van der Waals surface area contributed by atoms with Gasteiger partial charge in [-0.1, -0.05) is 12.0 Å². The van der Waals surface area contributed by atoms with Crippen molar-refractivity contribution in [1.29, 1.82) is 0 Å². The smallest absolute Gasteiger partial charge is 0.371 e. The Kier molecular flexibility index (Phi) is 6.07. The van der Waals surface area contributed by atoms with Gasteiger partial charge >= 0.3 is 6.18 Å². The minimum absolute atomic E-state index is 0.0181. The fourth-order valence-corrected chi connectivity index (χ4v) is 4.27. The molecular weight excluding hydrogens is 493 g/mol. The number of hydrogen-bond acceptors (Lipinski definition) is 9. The lowest BCUT2D eigenvalue weighted by Gasteiger charge is -2.28. The highest BCUT2D eigenvalue weighted by Gasteiger charge is 2.32. The maximum atomic E-state index is 13.0. The SMILES string of the molecule is CC(O)(C#Cc1cc2n(n1)CCCN2c1ccnc(Nc2cccc(C(F)(F)F)n2)n1)c1nccs1. The summed E-state index contributed by atoms with van der Waals surface area (Å²) in [5, 5.41) is 20.2. The Balaban J connectivity index is 1.39. The zero-order valence-corrected chi connectivity index (χ0v) is 19.7. The molecule has 36 heavy (non-hydrogen) atoms. The van der Waals surface area contributed by atoms with Gasteiger partial charge in [-0.3, -0.25) is 0 Å². The number of anilines is 4. The van der Waals surface area contributed by atoms with Crippen molar-refractivity contribution in [3.05, 3.63) is 64.5 Å². The molecule has 1 aliphatic rings. The number of fused-ring (bicyclic) bond motifs is 1. The first kappa shape index (κ1) is 23.7. The molecule has 9 nitrogen and oxygen atoms in total. The molecule has 184 valence electrons. The van der Waals surface area contributed by atoms with Crippen LogP contribution in [0.15, 0.2) is 48.1 Å². The first-order valence-corrected chi connectivity index (χ1v) is 11.7. The summed E-state index contributed by atoms with van der Waals surface area (Å²) in [5.74, 6) is 7.13. The predicted octanol–water partition coefficient (Wildman–Crippen LogP) is 4.09. The van der Waals surface area contributed by atoms with Gasteiger partial charge in [0, 0.05) is 36.9 Å². The van der Waals surface area contributed by atoms with E-state index in [-0.39, 0.29) is 11.8 Å². The van der Waals surface area contributed by atoms with E-state index in [2.05, 4.69) is 42.2 Å². The summed E-state index contributed by atoms with van der Waals surface area (Å²) in [7, 11) is 0. The lowest BCUT2D eigenvalue weighted by Crippen LogP contribution is -2.28. The number of halogens is 3. The Labute approximate surface area is 207 Å². The van der Waals surface area contributed by atoms with Crippen molar-refractivity contribution in [3.8, 4) is 11.8 Å². The van der Waals surface area contributed by atoms with Crippen molar-refractivity contribution in [2.45, 2.75) is 31.7 Å². The number of aliphatic hydroxyl groups is 1. The molecule has 5 rings (SSSR count). The number of aromatic nitrogens is 6. The molecule has 1 unspecified atom stereocenters. The zero-order chi connectivity index (χ0) is 25.3. The van der Waals surface area contributed by atoms with Gasteiger partial charge in [0.1, 0.15) is 33.8 Å². The molecule has 0 aromatic carbocycles. The zero-order valence-electron chi connectivity index (χ0n) is 18.9. The Morgan fingerprint density at radius 3 is 2.75 bits per heavy atom. The average molecular weight is 513 g/mol. The number of thiazole rings is 1. The normalized spacial score (nSPS) is 15.0. The Morgan fingerprint density at radius 2 is 1.97 bits per heavy atom. The van der Waals surface area contributed by atoms with Crippen LogP contribution in [-0.4, -0.2) is 41.4 Å². The standard InChI is InChI=1S/C23H19F3N8OS/c1-22(35,20-27-10-13-36-20)8-6-15-14-19-33(11-3-12-34(19)32-15)18-7-9-28-21(31-18)30-17-5-2-4-16(29-17)23(24,25)26/h2,4-5,7,9-10,13-14,35H,3,11-12H2,1H3,(H,28,29,30,31). The largest absolute Gasteiger partial charge is 0.433 e. The summed E-state index contributed by atoms with van der Waals surface area (Å²) in [6.07, 6.45) is -0.641. The topological polar surface area (TPSA) is 105 Å². The molecule has 0 aliphatic carbocycles. The van der Waals surface area contributed by atoms with Crippen LogP contribution in [0.25, 0.3) is 0 Å². The van der Waals surface area contributed by atoms with Crippen LogP contribution in [0.4, 0.5) is 36.6 Å². The molecule has 0 bridgehead atoms. The van der Waals surface area contributed by atoms with Gasteiger partial charge in [0.25, 0.3) is 0 Å². The minimum Gasteiger partial charge on any atom is -0.371 e. The van der Waals surface area contributed by atoms with E-state index in [0.717, 1.165) is 18.3 Å². The Hall–Kier alpha value is -4.02. The molecule has 2 N–H and O–H groups in total. The van der Waals surface area contributed by atoms with Gasteiger partial charge in [-0.2, -0.15) is 23.3 Å². The highest BCUT2D eigenvalue weighted by Crippen LogP contribution is 2.31. The van der Waals surface area contributed by atoms with Crippen LogP contribution in [0.3, 0.4) is 0 Å². The minimum atomic E-state index is -4.55. The van der Waals surface area contributed by atoms with E-state index >= 15 is 0 Å². The predicted molar refractivity (Wildman–Crippen MR) is 127 cm³/mol. The maximum absolute atomic E-state index is 13.0. The van der Waals surface area contributed by atoms with E-state index in [9.17, 15) is 18.3 Å². The van der Waals surface area contributed by atoms with Gasteiger partial charge in [-0.15, -0.1) is 11.3 Å². The van der Waals surface area contributed by atoms with Gasteiger partial charge in [0.15, 0.2) is 5.60 Å². The number of aryl methyl sites for hydroxylation is 1. The Morgan fingerprint density at radius 1 is 1.11 bits per heavy atom. The lowest BCUT2D eigenvalue weighted by atomic mass is 10.1. The third-order valence-electron chi connectivity index (χ3n) is 5.27. The molecule has 0 fully saturated rings. The first-order chi connectivity index (χ1) is 17.2. The van der Waals surface area contributed by atoms with E-state index in [4.69, 9.17) is 0 Å². The summed E-state index contributed by atoms with van der Waals surface area (Å²) in [6, 6.07) is 7.07. The van der Waals surface area contributed by atoms with Crippen LogP contribution >= 0.6 is 11.3 Å². The third-order valence-corrected chi connectivity index (χ3v) is 6.25. The van der Waals surface area contributed by atoms with Crippen molar-refractivity contribution in [3.63, 3.8) is 0 Å². The highest BCUT2D eigenvalue weighted by atomic mass is 32.1. The second-order valence-corrected chi connectivity index (χ2v) is 8.94. The average Bonchev–Trinajstić information content (AvgIpc) is 3.53. The van der Waals surface area contributed by atoms with Gasteiger partial charge in [-0.05, 0) is 37.5 Å². The second kappa shape index (κ2) is 9.21. The van der Waals surface area contributed by atoms with Crippen LogP contribution in [0.2, 0.25) is 0 Å². The van der Waals surface area contributed by atoms with E-state index in [1.165, 1.54) is 29.7 Å². The summed E-state index contributed by atoms with van der Waals surface area (Å²) in [5.41, 5.74) is -1.93. The molecule has 4 aromatic heterocycles. The van der Waals surface area contributed by atoms with Crippen LogP contribution < -0.4 is 10.2 Å². The molecular formula is C23H19F3N8OS. The Bertz CT molecular complexity index is 1440. The lowest BCUT2D eigenvalue weighted by molar-refractivity contribution is -0.141. The summed E-state index contributed by atoms with van der Waals surface area (Å²) in [4.78, 5) is 18.2. The van der Waals surface area contributed by atoms with Crippen LogP contribution in [0, 0.1) is 11.8 Å². The first-order valence-electron chi connectivity index (χ1n) is 10.8. The number of pyridine rings is 1. The molecule has 0 saturated heterocycles. The van der Waals surface area contributed by atoms with Crippen molar-refractivity contribution in [2.75, 3.05) is 16.8 Å². The molecule has 5 heterocycles. The summed E-state index contributed by atoms with van der Waals surface area (Å²) < 4.78 is 40.8. The van der Waals surface area contributed by atoms with Crippen molar-refractivity contribution in [2.24, 2.45) is 0 Å². The number of hydrogen-bond donors (Lipinski definition) is 2. The number of rotatable bonds is 4. The third kappa shape index (κ3) is 5.00. The number of nitrogens with zero attached hydrogens (tertiary/aromatic N) is 7. The maximum Gasteiger partial charge on any atom is 0.433 e. The fourth-order valence-electron chi connectivity index (χ4n) is 3.61. The monoisotopic (exact) mass is 512 g/mol. The van der Waals surface area contributed by atoms with Crippen LogP contribution in [0.5, 0.6) is 0 Å². The van der Waals surface area contributed by atoms with E-state index < -0.39 is 17.5 Å². The summed E-state index contributed by atoms with van der Waals surface area (Å²) in [6.45, 7) is 2.91. The second-order valence-electron chi connectivity index (χ2n) is 8.04. The number of alkyl halides is 3. The quantitative estimate of drug-likeness (QED) is 0.394. The molecule has 4 aromatic rings. The van der Waals surface area contributed by atoms with Gasteiger partial charge in [0.05, 0.1) is 0 Å². The molecule has 1 aliphatic heterocycles.